The van der Waals surface area contributed by atoms with Gasteiger partial charge in [0.15, 0.2) is 0 Å². The number of fused-ring (bicyclic) bond motifs is 1. The van der Waals surface area contributed by atoms with Crippen LogP contribution in [0.1, 0.15) is 29.1 Å². The van der Waals surface area contributed by atoms with E-state index < -0.39 is 0 Å². The summed E-state index contributed by atoms with van der Waals surface area (Å²) < 4.78 is 5.59. The molecule has 2 aromatic rings. The number of carbonyl (C=O) groups excluding carboxylic acids is 1. The summed E-state index contributed by atoms with van der Waals surface area (Å²) in [7, 11) is 0. The molecular formula is C16H15NO2. The van der Waals surface area contributed by atoms with Crippen LogP contribution >= 0.6 is 0 Å². The van der Waals surface area contributed by atoms with Crippen molar-refractivity contribution in [1.29, 1.82) is 0 Å². The predicted octanol–water partition coefficient (Wildman–Crippen LogP) is 3.38. The molecule has 0 radical (unpaired) electrons. The van der Waals surface area contributed by atoms with E-state index in [1.54, 1.807) is 0 Å². The lowest BCUT2D eigenvalue weighted by atomic mass is 10.1. The van der Waals surface area contributed by atoms with Gasteiger partial charge in [0.05, 0.1) is 11.3 Å². The summed E-state index contributed by atoms with van der Waals surface area (Å²) in [6.07, 6.45) is -0.339. The van der Waals surface area contributed by atoms with Gasteiger partial charge in [-0.3, -0.25) is 0 Å². The zero-order valence-electron chi connectivity index (χ0n) is 10.7. The topological polar surface area (TPSA) is 29.5 Å². The Bertz CT molecular complexity index is 595. The van der Waals surface area contributed by atoms with Crippen LogP contribution in [0.2, 0.25) is 0 Å². The second-order valence-corrected chi connectivity index (χ2v) is 4.47. The number of ether oxygens (including phenoxy) is 1. The van der Waals surface area contributed by atoms with Gasteiger partial charge in [0.1, 0.15) is 0 Å². The lowest BCUT2D eigenvalue weighted by Crippen LogP contribution is -2.37. The first kappa shape index (κ1) is 11.8. The number of nitrogens with zero attached hydrogens (tertiary/aromatic N) is 1. The molecule has 0 aliphatic carbocycles. The van der Waals surface area contributed by atoms with Gasteiger partial charge in [-0.15, -0.1) is 0 Å². The predicted molar refractivity (Wildman–Crippen MR) is 74.1 cm³/mol. The van der Waals surface area contributed by atoms with Gasteiger partial charge >= 0.3 is 5.97 Å². The molecule has 19 heavy (non-hydrogen) atoms. The molecule has 0 amide bonds. The fourth-order valence-corrected chi connectivity index (χ4v) is 2.45. The number of cyclic esters (lactones) is 1. The molecule has 1 aliphatic heterocycles. The van der Waals surface area contributed by atoms with Crippen molar-refractivity contribution in [3.8, 4) is 0 Å². The first-order valence-electron chi connectivity index (χ1n) is 6.43. The molecule has 1 unspecified atom stereocenters. The van der Waals surface area contributed by atoms with Crippen LogP contribution < -0.4 is 4.90 Å². The normalized spacial score (nSPS) is 17.8. The molecule has 96 valence electrons. The van der Waals surface area contributed by atoms with E-state index in [0.29, 0.717) is 5.56 Å². The van der Waals surface area contributed by atoms with Crippen LogP contribution in [0, 0.1) is 0 Å². The molecule has 2 aromatic carbocycles. The molecule has 0 aromatic heterocycles. The van der Waals surface area contributed by atoms with Crippen LogP contribution in [0.4, 0.5) is 5.69 Å². The smallest absolute Gasteiger partial charge is 0.342 e. The van der Waals surface area contributed by atoms with Gasteiger partial charge < -0.3 is 9.64 Å². The highest BCUT2D eigenvalue weighted by Gasteiger charge is 2.32. The van der Waals surface area contributed by atoms with E-state index in [1.807, 2.05) is 54.6 Å². The number of rotatable bonds is 2. The molecule has 0 N–H and O–H groups in total. The number of para-hydroxylation sites is 1. The Kier molecular flexibility index (Phi) is 2.95. The maximum absolute atomic E-state index is 12.1. The number of anilines is 1. The largest absolute Gasteiger partial charge is 0.433 e. The molecule has 1 atom stereocenters. The number of hydrogen-bond donors (Lipinski definition) is 0. The Hall–Kier alpha value is -2.29. The van der Waals surface area contributed by atoms with Gasteiger partial charge in [0.25, 0.3) is 0 Å². The van der Waals surface area contributed by atoms with Crippen molar-refractivity contribution in [2.24, 2.45) is 0 Å². The SMILES string of the molecule is CCN1c2ccccc2C(=O)OC1c1ccccc1. The summed E-state index contributed by atoms with van der Waals surface area (Å²) in [5, 5.41) is 0. The fraction of sp³-hybridized carbons (Fsp3) is 0.188. The summed E-state index contributed by atoms with van der Waals surface area (Å²) >= 11 is 0. The molecule has 3 rings (SSSR count). The van der Waals surface area contributed by atoms with Gasteiger partial charge in [0, 0.05) is 12.1 Å². The third kappa shape index (κ3) is 1.97. The maximum atomic E-state index is 12.1. The van der Waals surface area contributed by atoms with E-state index in [4.69, 9.17) is 4.74 Å². The highest BCUT2D eigenvalue weighted by atomic mass is 16.6. The average Bonchev–Trinajstić information content (AvgIpc) is 2.48. The van der Waals surface area contributed by atoms with Gasteiger partial charge in [-0.2, -0.15) is 0 Å². The Morgan fingerprint density at radius 3 is 2.47 bits per heavy atom. The Morgan fingerprint density at radius 1 is 1.05 bits per heavy atom. The van der Waals surface area contributed by atoms with Gasteiger partial charge in [-0.05, 0) is 19.1 Å². The molecule has 1 aliphatic rings. The van der Waals surface area contributed by atoms with E-state index in [-0.39, 0.29) is 12.2 Å². The van der Waals surface area contributed by atoms with Crippen LogP contribution in [0.25, 0.3) is 0 Å². The average molecular weight is 253 g/mol. The highest BCUT2D eigenvalue weighted by molar-refractivity contribution is 5.97. The van der Waals surface area contributed by atoms with Crippen molar-refractivity contribution >= 4 is 11.7 Å². The van der Waals surface area contributed by atoms with E-state index in [9.17, 15) is 4.79 Å². The molecule has 3 heteroatoms. The van der Waals surface area contributed by atoms with Crippen molar-refractivity contribution in [2.45, 2.75) is 13.2 Å². The summed E-state index contributed by atoms with van der Waals surface area (Å²) in [5.74, 6) is -0.255. The quantitative estimate of drug-likeness (QED) is 0.768. The second-order valence-electron chi connectivity index (χ2n) is 4.47. The minimum absolute atomic E-state index is 0.255. The number of esters is 1. The van der Waals surface area contributed by atoms with Gasteiger partial charge in [-0.25, -0.2) is 4.79 Å². The second kappa shape index (κ2) is 4.76. The van der Waals surface area contributed by atoms with E-state index in [2.05, 4.69) is 11.8 Å². The third-order valence-corrected chi connectivity index (χ3v) is 3.36. The maximum Gasteiger partial charge on any atom is 0.342 e. The van der Waals surface area contributed by atoms with E-state index in [1.165, 1.54) is 0 Å². The monoisotopic (exact) mass is 253 g/mol. The van der Waals surface area contributed by atoms with Crippen molar-refractivity contribution < 1.29 is 9.53 Å². The van der Waals surface area contributed by atoms with E-state index >= 15 is 0 Å². The number of carbonyl (C=O) groups is 1. The fourth-order valence-electron chi connectivity index (χ4n) is 2.45. The molecule has 0 saturated heterocycles. The van der Waals surface area contributed by atoms with Crippen LogP contribution in [-0.2, 0) is 4.74 Å². The van der Waals surface area contributed by atoms with E-state index in [0.717, 1.165) is 17.8 Å². The molecule has 0 fully saturated rings. The number of benzene rings is 2. The summed E-state index contributed by atoms with van der Waals surface area (Å²) in [5.41, 5.74) is 2.57. The lowest BCUT2D eigenvalue weighted by molar-refractivity contribution is 0.0252. The summed E-state index contributed by atoms with van der Waals surface area (Å²) in [4.78, 5) is 14.2. The first-order chi connectivity index (χ1) is 9.31. The molecule has 0 spiro atoms. The van der Waals surface area contributed by atoms with Gasteiger partial charge in [-0.1, -0.05) is 42.5 Å². The minimum Gasteiger partial charge on any atom is -0.433 e. The Balaban J connectivity index is 2.08. The van der Waals surface area contributed by atoms with Crippen LogP contribution in [-0.4, -0.2) is 12.5 Å². The molecular weight excluding hydrogens is 238 g/mol. The molecule has 0 bridgehead atoms. The van der Waals surface area contributed by atoms with Crippen LogP contribution in [0.15, 0.2) is 54.6 Å². The Morgan fingerprint density at radius 2 is 1.74 bits per heavy atom. The Labute approximate surface area is 112 Å². The van der Waals surface area contributed by atoms with Crippen LogP contribution in [0.5, 0.6) is 0 Å². The molecule has 1 heterocycles. The summed E-state index contributed by atoms with van der Waals surface area (Å²) in [6, 6.07) is 17.4. The standard InChI is InChI=1S/C16H15NO2/c1-2-17-14-11-7-6-10-13(14)16(18)19-15(17)12-8-4-3-5-9-12/h3-11,15H,2H2,1H3. The third-order valence-electron chi connectivity index (χ3n) is 3.36. The minimum atomic E-state index is -0.339. The summed E-state index contributed by atoms with van der Waals surface area (Å²) in [6.45, 7) is 2.84. The molecule has 3 nitrogen and oxygen atoms in total. The van der Waals surface area contributed by atoms with Crippen molar-refractivity contribution in [1.82, 2.24) is 0 Å². The highest BCUT2D eigenvalue weighted by Crippen LogP contribution is 2.36. The van der Waals surface area contributed by atoms with Crippen LogP contribution in [0.3, 0.4) is 0 Å². The first-order valence-corrected chi connectivity index (χ1v) is 6.43. The zero-order valence-corrected chi connectivity index (χ0v) is 10.7. The van der Waals surface area contributed by atoms with Crippen molar-refractivity contribution in [3.05, 3.63) is 65.7 Å². The molecule has 0 saturated carbocycles. The zero-order chi connectivity index (χ0) is 13.2. The lowest BCUT2D eigenvalue weighted by Gasteiger charge is -2.37. The van der Waals surface area contributed by atoms with Crippen molar-refractivity contribution in [2.75, 3.05) is 11.4 Å². The van der Waals surface area contributed by atoms with Gasteiger partial charge in [0.2, 0.25) is 6.23 Å². The number of hydrogen-bond acceptors (Lipinski definition) is 3. The van der Waals surface area contributed by atoms with Crippen molar-refractivity contribution in [3.63, 3.8) is 0 Å².